The van der Waals surface area contributed by atoms with Crippen molar-refractivity contribution in [3.05, 3.63) is 24.0 Å². The van der Waals surface area contributed by atoms with E-state index >= 15 is 0 Å². The zero-order valence-corrected chi connectivity index (χ0v) is 12.5. The first kappa shape index (κ1) is 26.9. The summed E-state index contributed by atoms with van der Waals surface area (Å²) in [5.41, 5.74) is 0. The summed E-state index contributed by atoms with van der Waals surface area (Å²) in [6, 6.07) is 0. The Morgan fingerprint density at radius 1 is 0.692 bits per heavy atom. The maximum atomic E-state index is 9.72. The minimum atomic E-state index is -1.79. The Hall–Kier alpha value is -3.94. The van der Waals surface area contributed by atoms with Gasteiger partial charge in [-0.2, -0.15) is 0 Å². The van der Waals surface area contributed by atoms with E-state index in [1.54, 1.807) is 0 Å². The molecule has 0 aliphatic heterocycles. The maximum Gasteiger partial charge on any atom is 0.371 e. The van der Waals surface area contributed by atoms with Crippen molar-refractivity contribution in [1.82, 2.24) is 0 Å². The van der Waals surface area contributed by atoms with Crippen LogP contribution in [0.15, 0.2) is 24.0 Å². The third-order valence-corrected chi connectivity index (χ3v) is 1.50. The number of rotatable bonds is 7. The Kier molecular flexibility index (Phi) is 15.2. The average Bonchev–Trinajstić information content (AvgIpc) is 2.44. The van der Waals surface area contributed by atoms with E-state index in [-0.39, 0.29) is 6.08 Å². The molecule has 14 heteroatoms. The topological polar surface area (TPSA) is 264 Å². The van der Waals surface area contributed by atoms with Gasteiger partial charge in [0.15, 0.2) is 6.10 Å². The van der Waals surface area contributed by atoms with E-state index in [2.05, 4.69) is 0 Å². The van der Waals surface area contributed by atoms with Gasteiger partial charge in [0.1, 0.15) is 0 Å². The highest BCUT2D eigenvalue weighted by Gasteiger charge is 2.16. The molecule has 0 fully saturated rings. The molecule has 8 N–H and O–H groups in total. The number of hydrogen-bond donors (Lipinski definition) is 8. The summed E-state index contributed by atoms with van der Waals surface area (Å²) in [5, 5.41) is 63.6. The normalized spacial score (nSPS) is 11.0. The summed E-state index contributed by atoms with van der Waals surface area (Å²) < 4.78 is 0. The summed E-state index contributed by atoms with van der Waals surface area (Å²) in [7, 11) is 0. The number of aliphatic carboxylic acids is 6. The van der Waals surface area contributed by atoms with Gasteiger partial charge in [-0.1, -0.05) is 0 Å². The van der Waals surface area contributed by atoms with Crippen LogP contribution in [0.2, 0.25) is 0 Å². The molecule has 1 unspecified atom stereocenters. The van der Waals surface area contributed by atoms with Crippen LogP contribution in [0.4, 0.5) is 0 Å². The van der Waals surface area contributed by atoms with Gasteiger partial charge in [-0.15, -0.1) is 0 Å². The highest BCUT2D eigenvalue weighted by Crippen LogP contribution is 1.89. The molecule has 0 aliphatic carbocycles. The molecule has 0 amide bonds. The van der Waals surface area contributed by atoms with Gasteiger partial charge in [-0.25, -0.2) is 24.0 Å². The van der Waals surface area contributed by atoms with Crippen molar-refractivity contribution in [3.8, 4) is 0 Å². The van der Waals surface area contributed by atoms with E-state index in [0.717, 1.165) is 0 Å². The van der Waals surface area contributed by atoms with Gasteiger partial charge in [0.05, 0.1) is 12.5 Å². The van der Waals surface area contributed by atoms with Crippen molar-refractivity contribution in [2.45, 2.75) is 12.5 Å². The molecule has 0 bridgehead atoms. The highest BCUT2D eigenvalue weighted by molar-refractivity contribution is 5.92. The Morgan fingerprint density at radius 3 is 1.19 bits per heavy atom. The SMILES string of the molecule is O=C(O)C=C(O)C(=O)O.O=C(O)C=CC(=O)O.O=C(O)CC(O)C(=O)O. The fourth-order valence-electron chi connectivity index (χ4n) is 0.574. The molecule has 0 aromatic carbocycles. The number of aliphatic hydroxyl groups is 2. The molecule has 0 spiro atoms. The summed E-state index contributed by atoms with van der Waals surface area (Å²) in [5.74, 6) is -9.68. The molecule has 0 aromatic heterocycles. The first-order chi connectivity index (χ1) is 11.7. The molecule has 0 saturated heterocycles. The molecular weight excluding hydrogens is 368 g/mol. The predicted octanol–water partition coefficient (Wildman–Crippen LogP) is -1.78. The van der Waals surface area contributed by atoms with Crippen molar-refractivity contribution < 1.29 is 69.6 Å². The van der Waals surface area contributed by atoms with Gasteiger partial charge in [0.2, 0.25) is 5.76 Å². The van der Waals surface area contributed by atoms with Crippen LogP contribution in [0.3, 0.4) is 0 Å². The molecule has 0 saturated carbocycles. The van der Waals surface area contributed by atoms with Gasteiger partial charge in [0, 0.05) is 12.2 Å². The van der Waals surface area contributed by atoms with Crippen molar-refractivity contribution in [2.24, 2.45) is 0 Å². The molecule has 0 aliphatic rings. The third kappa shape index (κ3) is 25.0. The Bertz CT molecular complexity index is 583. The maximum absolute atomic E-state index is 9.72. The number of carboxylic acid groups (broad SMARTS) is 6. The minimum Gasteiger partial charge on any atom is -0.502 e. The monoisotopic (exact) mass is 382 g/mol. The molecule has 0 rings (SSSR count). The van der Waals surface area contributed by atoms with Crippen LogP contribution in [-0.2, 0) is 28.8 Å². The van der Waals surface area contributed by atoms with Crippen LogP contribution in [0.25, 0.3) is 0 Å². The fourth-order valence-corrected chi connectivity index (χ4v) is 0.574. The molecule has 0 aromatic rings. The summed E-state index contributed by atoms with van der Waals surface area (Å²) in [6.45, 7) is 0. The van der Waals surface area contributed by atoms with E-state index < -0.39 is 54.1 Å². The average molecular weight is 382 g/mol. The lowest BCUT2D eigenvalue weighted by Gasteiger charge is -1.97. The van der Waals surface area contributed by atoms with Crippen molar-refractivity contribution in [3.63, 3.8) is 0 Å². The Balaban J connectivity index is -0.000000306. The summed E-state index contributed by atoms with van der Waals surface area (Å²) in [4.78, 5) is 57.8. The van der Waals surface area contributed by atoms with Crippen LogP contribution in [0, 0.1) is 0 Å². The van der Waals surface area contributed by atoms with E-state index in [1.165, 1.54) is 0 Å². The van der Waals surface area contributed by atoms with E-state index in [0.29, 0.717) is 12.2 Å². The van der Waals surface area contributed by atoms with Gasteiger partial charge >= 0.3 is 35.8 Å². The number of carboxylic acids is 6. The lowest BCUT2D eigenvalue weighted by molar-refractivity contribution is -0.152. The molecule has 14 nitrogen and oxygen atoms in total. The van der Waals surface area contributed by atoms with Gasteiger partial charge < -0.3 is 40.9 Å². The molecular formula is C12H14O14. The third-order valence-electron chi connectivity index (χ3n) is 1.50. The predicted molar refractivity (Wildman–Crippen MR) is 76.3 cm³/mol. The number of aliphatic hydroxyl groups excluding tert-OH is 2. The first-order valence-corrected chi connectivity index (χ1v) is 5.84. The molecule has 0 heterocycles. The fraction of sp³-hybridized carbons (Fsp3) is 0.167. The standard InChI is InChI=1S/C4H6O5.C4H4O5.C4H4O4/c2*5-2(4(8)9)1-3(6)7;5-3(6)1-2-4(7)8/h2,5H,1H2,(H,6,7)(H,8,9);1,5H,(H,6,7)(H,8,9);1-2H,(H,5,6)(H,7,8). The van der Waals surface area contributed by atoms with Gasteiger partial charge in [-0.05, 0) is 0 Å². The van der Waals surface area contributed by atoms with E-state index in [4.69, 9.17) is 40.9 Å². The van der Waals surface area contributed by atoms with Crippen LogP contribution < -0.4 is 0 Å². The van der Waals surface area contributed by atoms with E-state index in [1.807, 2.05) is 0 Å². The second kappa shape index (κ2) is 14.6. The summed E-state index contributed by atoms with van der Waals surface area (Å²) >= 11 is 0. The molecule has 26 heavy (non-hydrogen) atoms. The lowest BCUT2D eigenvalue weighted by atomic mass is 10.3. The van der Waals surface area contributed by atoms with Gasteiger partial charge in [-0.3, -0.25) is 4.79 Å². The van der Waals surface area contributed by atoms with Crippen LogP contribution >= 0.6 is 0 Å². The molecule has 1 atom stereocenters. The van der Waals surface area contributed by atoms with Crippen molar-refractivity contribution in [1.29, 1.82) is 0 Å². The van der Waals surface area contributed by atoms with Crippen LogP contribution in [0.5, 0.6) is 0 Å². The minimum absolute atomic E-state index is 0.197. The Morgan fingerprint density at radius 2 is 1.08 bits per heavy atom. The summed E-state index contributed by atoms with van der Waals surface area (Å²) in [6.07, 6.45) is -1.23. The first-order valence-electron chi connectivity index (χ1n) is 5.84. The molecule has 0 radical (unpaired) electrons. The Labute approximate surface area is 143 Å². The molecule has 146 valence electrons. The smallest absolute Gasteiger partial charge is 0.371 e. The van der Waals surface area contributed by atoms with Crippen molar-refractivity contribution in [2.75, 3.05) is 0 Å². The zero-order chi connectivity index (χ0) is 21.4. The second-order valence-corrected chi connectivity index (χ2v) is 3.63. The number of hydrogen-bond acceptors (Lipinski definition) is 8. The number of carbonyl (C=O) groups is 6. The van der Waals surface area contributed by atoms with Crippen molar-refractivity contribution >= 4 is 35.8 Å². The quantitative estimate of drug-likeness (QED) is 0.179. The second-order valence-electron chi connectivity index (χ2n) is 3.63. The van der Waals surface area contributed by atoms with Crippen LogP contribution in [-0.4, -0.2) is 82.8 Å². The van der Waals surface area contributed by atoms with Gasteiger partial charge in [0.25, 0.3) is 0 Å². The zero-order valence-electron chi connectivity index (χ0n) is 12.5. The van der Waals surface area contributed by atoms with Crippen LogP contribution in [0.1, 0.15) is 6.42 Å². The largest absolute Gasteiger partial charge is 0.502 e. The van der Waals surface area contributed by atoms with E-state index in [9.17, 15) is 28.8 Å². The lowest BCUT2D eigenvalue weighted by Crippen LogP contribution is -2.22. The highest BCUT2D eigenvalue weighted by atomic mass is 16.4.